The number of nitrogens with zero attached hydrogens (tertiary/aromatic N) is 1. The second kappa shape index (κ2) is 3.99. The molecule has 1 unspecified atom stereocenters. The van der Waals surface area contributed by atoms with E-state index in [-0.39, 0.29) is 0 Å². The summed E-state index contributed by atoms with van der Waals surface area (Å²) in [5.74, 6) is 0.949. The van der Waals surface area contributed by atoms with E-state index >= 15 is 0 Å². The van der Waals surface area contributed by atoms with E-state index in [0.717, 1.165) is 18.0 Å². The lowest BCUT2D eigenvalue weighted by Crippen LogP contribution is -2.43. The Morgan fingerprint density at radius 3 is 2.69 bits per heavy atom. The van der Waals surface area contributed by atoms with Crippen LogP contribution in [0.4, 0.5) is 0 Å². The van der Waals surface area contributed by atoms with E-state index in [2.05, 4.69) is 24.1 Å². The molecular weight excluding hydrogens is 196 g/mol. The predicted molar refractivity (Wildman–Crippen MR) is 67.5 cm³/mol. The van der Waals surface area contributed by atoms with E-state index in [1.54, 1.807) is 0 Å². The van der Waals surface area contributed by atoms with Crippen LogP contribution in [0.15, 0.2) is 0 Å². The van der Waals surface area contributed by atoms with Crippen LogP contribution in [0.1, 0.15) is 46.0 Å². The molecule has 3 aliphatic rings. The quantitative estimate of drug-likeness (QED) is 0.732. The van der Waals surface area contributed by atoms with Gasteiger partial charge in [-0.1, -0.05) is 20.3 Å². The molecule has 0 bridgehead atoms. The number of fused-ring (bicyclic) bond motifs is 1. The molecule has 16 heavy (non-hydrogen) atoms. The number of hydrogen-bond acceptors (Lipinski definition) is 2. The summed E-state index contributed by atoms with van der Waals surface area (Å²) >= 11 is 0. The van der Waals surface area contributed by atoms with Gasteiger partial charge in [0.2, 0.25) is 0 Å². The first kappa shape index (κ1) is 11.0. The normalized spacial score (nSPS) is 43.5. The molecule has 2 aliphatic heterocycles. The molecule has 1 N–H and O–H groups in total. The van der Waals surface area contributed by atoms with Crippen molar-refractivity contribution in [2.45, 2.75) is 58.0 Å². The lowest BCUT2D eigenvalue weighted by atomic mass is 9.86. The molecule has 2 heteroatoms. The Kier molecular flexibility index (Phi) is 2.75. The molecule has 3 fully saturated rings. The Morgan fingerprint density at radius 1 is 1.12 bits per heavy atom. The standard InChI is InChI=1S/C14H26N2/c1-14(2)7-3-6-13(14)16-9-11-5-4-8-15-12(11)10-16/h11-13,15H,3-10H2,1-2H3/t11-,12+,13?/m0/s1. The van der Waals surface area contributed by atoms with Crippen LogP contribution in [0.25, 0.3) is 0 Å². The molecule has 92 valence electrons. The topological polar surface area (TPSA) is 15.3 Å². The molecule has 2 nitrogen and oxygen atoms in total. The van der Waals surface area contributed by atoms with Gasteiger partial charge in [0.15, 0.2) is 0 Å². The third-order valence-electron chi connectivity index (χ3n) is 5.27. The number of likely N-dealkylation sites (tertiary alicyclic amines) is 1. The summed E-state index contributed by atoms with van der Waals surface area (Å²) in [6, 6.07) is 1.67. The number of hydrogen-bond donors (Lipinski definition) is 1. The van der Waals surface area contributed by atoms with Gasteiger partial charge in [0.05, 0.1) is 0 Å². The van der Waals surface area contributed by atoms with E-state index in [1.165, 1.54) is 51.7 Å². The number of piperidine rings is 1. The summed E-state index contributed by atoms with van der Waals surface area (Å²) in [6.45, 7) is 8.88. The maximum Gasteiger partial charge on any atom is 0.0235 e. The van der Waals surface area contributed by atoms with Crippen molar-refractivity contribution in [2.75, 3.05) is 19.6 Å². The van der Waals surface area contributed by atoms with Gasteiger partial charge in [-0.25, -0.2) is 0 Å². The Morgan fingerprint density at radius 2 is 2.00 bits per heavy atom. The first-order valence-electron chi connectivity index (χ1n) is 7.14. The maximum absolute atomic E-state index is 3.72. The first-order valence-corrected chi connectivity index (χ1v) is 7.14. The highest BCUT2D eigenvalue weighted by Crippen LogP contribution is 2.42. The summed E-state index contributed by atoms with van der Waals surface area (Å²) in [4.78, 5) is 2.81. The Hall–Kier alpha value is -0.0800. The number of nitrogens with one attached hydrogen (secondary N) is 1. The monoisotopic (exact) mass is 222 g/mol. The largest absolute Gasteiger partial charge is 0.312 e. The van der Waals surface area contributed by atoms with E-state index in [4.69, 9.17) is 0 Å². The van der Waals surface area contributed by atoms with Crippen molar-refractivity contribution < 1.29 is 0 Å². The second-order valence-electron chi connectivity index (χ2n) is 6.81. The lowest BCUT2D eigenvalue weighted by molar-refractivity contribution is 0.134. The van der Waals surface area contributed by atoms with E-state index in [0.29, 0.717) is 5.41 Å². The average molecular weight is 222 g/mol. The zero-order chi connectivity index (χ0) is 11.2. The molecule has 2 saturated heterocycles. The fourth-order valence-electron chi connectivity index (χ4n) is 4.32. The van der Waals surface area contributed by atoms with Crippen LogP contribution in [-0.2, 0) is 0 Å². The molecule has 0 spiro atoms. The molecule has 3 atom stereocenters. The van der Waals surface area contributed by atoms with Crippen LogP contribution in [0, 0.1) is 11.3 Å². The van der Waals surface area contributed by atoms with E-state index in [9.17, 15) is 0 Å². The van der Waals surface area contributed by atoms with Crippen LogP contribution in [0.2, 0.25) is 0 Å². The smallest absolute Gasteiger partial charge is 0.0235 e. The molecule has 0 radical (unpaired) electrons. The van der Waals surface area contributed by atoms with E-state index in [1.807, 2.05) is 0 Å². The zero-order valence-electron chi connectivity index (χ0n) is 10.8. The summed E-state index contributed by atoms with van der Waals surface area (Å²) in [6.07, 6.45) is 7.16. The van der Waals surface area contributed by atoms with Crippen LogP contribution < -0.4 is 5.32 Å². The van der Waals surface area contributed by atoms with Crippen molar-refractivity contribution in [1.82, 2.24) is 10.2 Å². The van der Waals surface area contributed by atoms with Gasteiger partial charge in [0, 0.05) is 25.2 Å². The number of rotatable bonds is 1. The third kappa shape index (κ3) is 1.80. The molecule has 2 heterocycles. The minimum atomic E-state index is 0.563. The minimum Gasteiger partial charge on any atom is -0.312 e. The summed E-state index contributed by atoms with van der Waals surface area (Å²) < 4.78 is 0. The summed E-state index contributed by atoms with van der Waals surface area (Å²) in [5.41, 5.74) is 0.563. The third-order valence-corrected chi connectivity index (χ3v) is 5.27. The molecule has 1 aliphatic carbocycles. The van der Waals surface area contributed by atoms with Gasteiger partial charge in [-0.15, -0.1) is 0 Å². The van der Waals surface area contributed by atoms with Crippen molar-refractivity contribution in [2.24, 2.45) is 11.3 Å². The highest BCUT2D eigenvalue weighted by Gasteiger charge is 2.44. The Labute approximate surface area is 99.8 Å². The van der Waals surface area contributed by atoms with Crippen LogP contribution in [0.3, 0.4) is 0 Å². The fraction of sp³-hybridized carbons (Fsp3) is 1.00. The van der Waals surface area contributed by atoms with Crippen LogP contribution in [-0.4, -0.2) is 36.6 Å². The van der Waals surface area contributed by atoms with Crippen molar-refractivity contribution in [1.29, 1.82) is 0 Å². The van der Waals surface area contributed by atoms with Gasteiger partial charge in [-0.3, -0.25) is 4.90 Å². The van der Waals surface area contributed by atoms with Gasteiger partial charge in [0.1, 0.15) is 0 Å². The lowest BCUT2D eigenvalue weighted by Gasteiger charge is -2.35. The molecule has 0 aromatic heterocycles. The zero-order valence-corrected chi connectivity index (χ0v) is 10.8. The van der Waals surface area contributed by atoms with Gasteiger partial charge in [-0.05, 0) is 43.6 Å². The highest BCUT2D eigenvalue weighted by molar-refractivity contribution is 4.99. The maximum atomic E-state index is 3.72. The van der Waals surface area contributed by atoms with Crippen molar-refractivity contribution in [3.63, 3.8) is 0 Å². The van der Waals surface area contributed by atoms with Gasteiger partial charge in [0.25, 0.3) is 0 Å². The van der Waals surface area contributed by atoms with Gasteiger partial charge < -0.3 is 5.32 Å². The second-order valence-corrected chi connectivity index (χ2v) is 6.81. The fourth-order valence-corrected chi connectivity index (χ4v) is 4.32. The van der Waals surface area contributed by atoms with Gasteiger partial charge in [-0.2, -0.15) is 0 Å². The highest BCUT2D eigenvalue weighted by atomic mass is 15.2. The SMILES string of the molecule is CC1(C)CCCC1N1C[C@@H]2CCCN[C@@H]2C1. The Bertz CT molecular complexity index is 247. The molecule has 0 aromatic carbocycles. The molecule has 1 saturated carbocycles. The van der Waals surface area contributed by atoms with Crippen molar-refractivity contribution in [3.05, 3.63) is 0 Å². The van der Waals surface area contributed by atoms with Crippen LogP contribution in [0.5, 0.6) is 0 Å². The van der Waals surface area contributed by atoms with Crippen LogP contribution >= 0.6 is 0 Å². The molecule has 0 aromatic rings. The minimum absolute atomic E-state index is 0.563. The Balaban J connectivity index is 1.68. The predicted octanol–water partition coefficient (Wildman–Crippen LogP) is 2.25. The molecule has 3 rings (SSSR count). The van der Waals surface area contributed by atoms with Crippen molar-refractivity contribution in [3.8, 4) is 0 Å². The summed E-state index contributed by atoms with van der Waals surface area (Å²) in [7, 11) is 0. The average Bonchev–Trinajstić information content (AvgIpc) is 2.79. The molecular formula is C14H26N2. The van der Waals surface area contributed by atoms with Gasteiger partial charge >= 0.3 is 0 Å². The first-order chi connectivity index (χ1) is 7.67. The molecule has 0 amide bonds. The van der Waals surface area contributed by atoms with Crippen molar-refractivity contribution >= 4 is 0 Å². The van der Waals surface area contributed by atoms with E-state index < -0.39 is 0 Å². The summed E-state index contributed by atoms with van der Waals surface area (Å²) in [5, 5.41) is 3.72.